The second-order valence-corrected chi connectivity index (χ2v) is 4.60. The highest BCUT2D eigenvalue weighted by molar-refractivity contribution is 5.96. The van der Waals surface area contributed by atoms with E-state index in [0.717, 1.165) is 0 Å². The van der Waals surface area contributed by atoms with Crippen molar-refractivity contribution in [2.75, 3.05) is 11.5 Å². The van der Waals surface area contributed by atoms with Gasteiger partial charge in [0, 0.05) is 0 Å². The molecule has 110 valence electrons. The highest BCUT2D eigenvalue weighted by atomic mass is 16.5. The van der Waals surface area contributed by atoms with E-state index in [0.29, 0.717) is 0 Å². The molecular weight excluding hydrogens is 264 g/mol. The summed E-state index contributed by atoms with van der Waals surface area (Å²) in [4.78, 5) is 31.0. The molecule has 8 nitrogen and oxygen atoms in total. The van der Waals surface area contributed by atoms with E-state index in [1.54, 1.807) is 27.7 Å². The number of nitrogens with zero attached hydrogens (tertiary/aromatic N) is 2. The van der Waals surface area contributed by atoms with E-state index < -0.39 is 11.9 Å². The topological polar surface area (TPSA) is 130 Å². The molecule has 20 heavy (non-hydrogen) atoms. The minimum Gasteiger partial charge on any atom is -0.458 e. The average molecular weight is 282 g/mol. The maximum absolute atomic E-state index is 11.7. The van der Waals surface area contributed by atoms with Gasteiger partial charge in [0.2, 0.25) is 0 Å². The molecule has 0 aliphatic rings. The van der Waals surface area contributed by atoms with Gasteiger partial charge < -0.3 is 20.9 Å². The quantitative estimate of drug-likeness (QED) is 0.774. The van der Waals surface area contributed by atoms with Gasteiger partial charge >= 0.3 is 11.9 Å². The normalized spacial score (nSPS) is 10.7. The van der Waals surface area contributed by atoms with E-state index in [2.05, 4.69) is 9.97 Å². The Balaban J connectivity index is 3.09. The van der Waals surface area contributed by atoms with Crippen molar-refractivity contribution in [1.82, 2.24) is 9.97 Å². The number of anilines is 2. The first-order valence-electron chi connectivity index (χ1n) is 6.07. The van der Waals surface area contributed by atoms with Gasteiger partial charge in [-0.25, -0.2) is 19.6 Å². The van der Waals surface area contributed by atoms with Crippen LogP contribution in [0.15, 0.2) is 0 Å². The van der Waals surface area contributed by atoms with Crippen LogP contribution >= 0.6 is 0 Å². The summed E-state index contributed by atoms with van der Waals surface area (Å²) >= 11 is 0. The monoisotopic (exact) mass is 282 g/mol. The van der Waals surface area contributed by atoms with Crippen LogP contribution in [0.1, 0.15) is 48.7 Å². The van der Waals surface area contributed by atoms with Crippen LogP contribution in [0.4, 0.5) is 11.6 Å². The zero-order valence-electron chi connectivity index (χ0n) is 11.8. The average Bonchev–Trinajstić information content (AvgIpc) is 2.29. The number of nitrogen functional groups attached to an aromatic ring is 2. The van der Waals surface area contributed by atoms with Gasteiger partial charge in [-0.1, -0.05) is 0 Å². The number of ether oxygens (including phenoxy) is 2. The van der Waals surface area contributed by atoms with Crippen molar-refractivity contribution in [2.24, 2.45) is 0 Å². The summed E-state index contributed by atoms with van der Waals surface area (Å²) in [7, 11) is 0. The Labute approximate surface area is 116 Å². The van der Waals surface area contributed by atoms with Gasteiger partial charge in [0.25, 0.3) is 0 Å². The van der Waals surface area contributed by atoms with Gasteiger partial charge in [0.05, 0.1) is 12.2 Å². The summed E-state index contributed by atoms with van der Waals surface area (Å²) in [6.45, 7) is 6.72. The van der Waals surface area contributed by atoms with E-state index in [4.69, 9.17) is 20.9 Å². The van der Waals surface area contributed by atoms with Crippen molar-refractivity contribution in [3.05, 3.63) is 11.4 Å². The third kappa shape index (κ3) is 3.81. The number of carbonyl (C=O) groups is 2. The fraction of sp³-hybridized carbons (Fsp3) is 0.500. The molecule has 0 saturated carbocycles. The van der Waals surface area contributed by atoms with E-state index in [9.17, 15) is 9.59 Å². The SMILES string of the molecule is CC(C)OC(=O)c1nc(N)c(C(=O)OC(C)C)nc1N. The van der Waals surface area contributed by atoms with Crippen LogP contribution in [0.2, 0.25) is 0 Å². The van der Waals surface area contributed by atoms with Crippen molar-refractivity contribution in [3.8, 4) is 0 Å². The predicted molar refractivity (Wildman–Crippen MR) is 72.0 cm³/mol. The Bertz CT molecular complexity index is 481. The molecular formula is C12H18N4O4. The van der Waals surface area contributed by atoms with Gasteiger partial charge in [-0.15, -0.1) is 0 Å². The first kappa shape index (κ1) is 15.7. The fourth-order valence-electron chi connectivity index (χ4n) is 1.30. The van der Waals surface area contributed by atoms with Crippen molar-refractivity contribution in [2.45, 2.75) is 39.9 Å². The second-order valence-electron chi connectivity index (χ2n) is 4.60. The number of esters is 2. The zero-order valence-corrected chi connectivity index (χ0v) is 11.8. The van der Waals surface area contributed by atoms with Gasteiger partial charge in [0.15, 0.2) is 23.0 Å². The molecule has 0 spiro atoms. The lowest BCUT2D eigenvalue weighted by atomic mass is 10.3. The number of hydrogen-bond donors (Lipinski definition) is 2. The summed E-state index contributed by atoms with van der Waals surface area (Å²) in [6, 6.07) is 0. The van der Waals surface area contributed by atoms with Gasteiger partial charge in [-0.05, 0) is 27.7 Å². The Morgan fingerprint density at radius 3 is 1.40 bits per heavy atom. The molecule has 0 aliphatic carbocycles. The van der Waals surface area contributed by atoms with Crippen molar-refractivity contribution in [3.63, 3.8) is 0 Å². The lowest BCUT2D eigenvalue weighted by molar-refractivity contribution is 0.0353. The molecule has 1 heterocycles. The minimum atomic E-state index is -0.750. The molecule has 0 fully saturated rings. The van der Waals surface area contributed by atoms with Crippen molar-refractivity contribution >= 4 is 23.6 Å². The molecule has 8 heteroatoms. The van der Waals surface area contributed by atoms with E-state index >= 15 is 0 Å². The highest BCUT2D eigenvalue weighted by Gasteiger charge is 2.23. The summed E-state index contributed by atoms with van der Waals surface area (Å²) in [5, 5.41) is 0. The maximum atomic E-state index is 11.7. The molecule has 4 N–H and O–H groups in total. The molecule has 0 bridgehead atoms. The zero-order chi connectivity index (χ0) is 15.4. The van der Waals surface area contributed by atoms with Crippen LogP contribution in [-0.2, 0) is 9.47 Å². The van der Waals surface area contributed by atoms with E-state index in [1.807, 2.05) is 0 Å². The number of rotatable bonds is 4. The Morgan fingerprint density at radius 2 is 1.15 bits per heavy atom. The molecule has 0 unspecified atom stereocenters. The lowest BCUT2D eigenvalue weighted by Gasteiger charge is -2.12. The Kier molecular flexibility index (Phi) is 4.84. The Morgan fingerprint density at radius 1 is 0.850 bits per heavy atom. The first-order chi connectivity index (χ1) is 9.22. The van der Waals surface area contributed by atoms with E-state index in [-0.39, 0.29) is 35.2 Å². The number of aromatic nitrogens is 2. The second kappa shape index (κ2) is 6.18. The predicted octanol–water partition coefficient (Wildman–Crippen LogP) is 0.771. The van der Waals surface area contributed by atoms with E-state index in [1.165, 1.54) is 0 Å². The van der Waals surface area contributed by atoms with Crippen LogP contribution in [0.5, 0.6) is 0 Å². The molecule has 0 aliphatic heterocycles. The van der Waals surface area contributed by atoms with Gasteiger partial charge in [0.1, 0.15) is 0 Å². The van der Waals surface area contributed by atoms with Crippen LogP contribution in [0.3, 0.4) is 0 Å². The van der Waals surface area contributed by atoms with Gasteiger partial charge in [-0.2, -0.15) is 0 Å². The summed E-state index contributed by atoms with van der Waals surface area (Å²) in [6.07, 6.45) is -0.675. The van der Waals surface area contributed by atoms with Crippen LogP contribution in [0.25, 0.3) is 0 Å². The molecule has 0 amide bonds. The lowest BCUT2D eigenvalue weighted by Crippen LogP contribution is -2.21. The standard InChI is InChI=1S/C12H18N4O4/c1-5(2)19-11(17)7-9(13)16-8(10(14)15-7)12(18)20-6(3)4/h5-6H,1-4H3,(H2,14,15)(H2,13,16). The molecule has 0 aromatic carbocycles. The summed E-state index contributed by atoms with van der Waals surface area (Å²) in [5.41, 5.74) is 10.7. The number of carbonyl (C=O) groups excluding carboxylic acids is 2. The van der Waals surface area contributed by atoms with Crippen LogP contribution < -0.4 is 11.5 Å². The number of hydrogen-bond acceptors (Lipinski definition) is 8. The third-order valence-electron chi connectivity index (χ3n) is 2.02. The Hall–Kier alpha value is -2.38. The van der Waals surface area contributed by atoms with Crippen LogP contribution in [0, 0.1) is 0 Å². The largest absolute Gasteiger partial charge is 0.458 e. The molecule has 0 radical (unpaired) electrons. The maximum Gasteiger partial charge on any atom is 0.361 e. The molecule has 1 rings (SSSR count). The van der Waals surface area contributed by atoms with Crippen molar-refractivity contribution in [1.29, 1.82) is 0 Å². The summed E-state index contributed by atoms with van der Waals surface area (Å²) in [5.74, 6) is -1.97. The van der Waals surface area contributed by atoms with Crippen molar-refractivity contribution < 1.29 is 19.1 Å². The molecule has 1 aromatic heterocycles. The van der Waals surface area contributed by atoms with Gasteiger partial charge in [-0.3, -0.25) is 0 Å². The third-order valence-corrected chi connectivity index (χ3v) is 2.02. The molecule has 1 aromatic rings. The first-order valence-corrected chi connectivity index (χ1v) is 6.07. The highest BCUT2D eigenvalue weighted by Crippen LogP contribution is 2.16. The van der Waals surface area contributed by atoms with Crippen LogP contribution in [-0.4, -0.2) is 34.1 Å². The minimum absolute atomic E-state index is 0.225. The summed E-state index contributed by atoms with van der Waals surface area (Å²) < 4.78 is 9.89. The molecule has 0 atom stereocenters. The number of nitrogens with two attached hydrogens (primary N) is 2. The fourth-order valence-corrected chi connectivity index (χ4v) is 1.30. The molecule has 0 saturated heterocycles. The smallest absolute Gasteiger partial charge is 0.361 e.